The van der Waals surface area contributed by atoms with Gasteiger partial charge in [0.15, 0.2) is 27.3 Å². The van der Waals surface area contributed by atoms with Gasteiger partial charge in [-0.1, -0.05) is 0 Å². The Bertz CT molecular complexity index is 646. The van der Waals surface area contributed by atoms with E-state index in [-0.39, 0.29) is 24.0 Å². The Hall–Kier alpha value is -1.57. The van der Waals surface area contributed by atoms with E-state index >= 15 is 0 Å². The van der Waals surface area contributed by atoms with Gasteiger partial charge in [-0.05, 0) is 24.5 Å². The third kappa shape index (κ3) is 3.12. The van der Waals surface area contributed by atoms with Crippen LogP contribution in [0, 0.1) is 23.4 Å². The van der Waals surface area contributed by atoms with Gasteiger partial charge in [0.2, 0.25) is 0 Å². The number of nitrogens with one attached hydrogen (secondary N) is 1. The van der Waals surface area contributed by atoms with Crippen molar-refractivity contribution in [2.24, 2.45) is 5.92 Å². The van der Waals surface area contributed by atoms with Crippen molar-refractivity contribution in [3.63, 3.8) is 0 Å². The second-order valence-electron chi connectivity index (χ2n) is 4.70. The van der Waals surface area contributed by atoms with Gasteiger partial charge in [-0.2, -0.15) is 0 Å². The molecule has 1 aromatic carbocycles. The van der Waals surface area contributed by atoms with Crippen LogP contribution in [0.5, 0.6) is 0 Å². The normalized spacial score (nSPS) is 20.9. The van der Waals surface area contributed by atoms with Gasteiger partial charge in [0, 0.05) is 6.54 Å². The van der Waals surface area contributed by atoms with Crippen molar-refractivity contribution in [2.45, 2.75) is 6.42 Å². The first-order chi connectivity index (χ1) is 9.30. The Morgan fingerprint density at radius 1 is 1.25 bits per heavy atom. The van der Waals surface area contributed by atoms with Crippen LogP contribution in [0.25, 0.3) is 0 Å². The third-order valence-corrected chi connectivity index (χ3v) is 4.99. The standard InChI is InChI=1S/C12H12F3NO3S/c13-9-2-1-8(10(14)11(9)15)12(17)16-5-7-3-4-20(18,19)6-7/h1-2,7H,3-6H2,(H,16,17). The zero-order valence-electron chi connectivity index (χ0n) is 10.3. The highest BCUT2D eigenvalue weighted by Gasteiger charge is 2.28. The van der Waals surface area contributed by atoms with E-state index in [2.05, 4.69) is 5.32 Å². The molecule has 1 N–H and O–H groups in total. The predicted molar refractivity (Wildman–Crippen MR) is 65.4 cm³/mol. The van der Waals surface area contributed by atoms with Gasteiger partial charge < -0.3 is 5.32 Å². The maximum absolute atomic E-state index is 13.4. The van der Waals surface area contributed by atoms with Crippen LogP contribution in [-0.4, -0.2) is 32.4 Å². The van der Waals surface area contributed by atoms with Crippen LogP contribution in [0.1, 0.15) is 16.8 Å². The van der Waals surface area contributed by atoms with Crippen molar-refractivity contribution in [1.29, 1.82) is 0 Å². The molecular formula is C12H12F3NO3S. The molecule has 4 nitrogen and oxygen atoms in total. The molecule has 0 radical (unpaired) electrons. The second kappa shape index (κ2) is 5.43. The lowest BCUT2D eigenvalue weighted by atomic mass is 10.1. The van der Waals surface area contributed by atoms with Crippen LogP contribution in [0.3, 0.4) is 0 Å². The molecule has 2 rings (SSSR count). The Labute approximate surface area is 113 Å². The Balaban J connectivity index is 2.01. The molecule has 1 saturated heterocycles. The van der Waals surface area contributed by atoms with Crippen LogP contribution in [0.15, 0.2) is 12.1 Å². The minimum absolute atomic E-state index is 0.0342. The summed E-state index contributed by atoms with van der Waals surface area (Å²) in [6, 6.07) is 1.50. The molecule has 0 aromatic heterocycles. The van der Waals surface area contributed by atoms with E-state index in [1.807, 2.05) is 0 Å². The number of carbonyl (C=O) groups is 1. The second-order valence-corrected chi connectivity index (χ2v) is 6.93. The molecule has 1 heterocycles. The highest BCUT2D eigenvalue weighted by molar-refractivity contribution is 7.91. The summed E-state index contributed by atoms with van der Waals surface area (Å²) >= 11 is 0. The zero-order chi connectivity index (χ0) is 14.9. The van der Waals surface area contributed by atoms with Gasteiger partial charge in [-0.15, -0.1) is 0 Å². The molecule has 1 fully saturated rings. The molecule has 0 spiro atoms. The largest absolute Gasteiger partial charge is 0.352 e. The lowest BCUT2D eigenvalue weighted by molar-refractivity contribution is 0.0943. The zero-order valence-corrected chi connectivity index (χ0v) is 11.1. The summed E-state index contributed by atoms with van der Waals surface area (Å²) in [5.41, 5.74) is -0.607. The molecule has 0 saturated carbocycles. The van der Waals surface area contributed by atoms with Crippen LogP contribution in [-0.2, 0) is 9.84 Å². The van der Waals surface area contributed by atoms with Gasteiger partial charge in [0.1, 0.15) is 0 Å². The molecule has 1 aromatic rings. The summed E-state index contributed by atoms with van der Waals surface area (Å²) in [6.07, 6.45) is 0.420. The SMILES string of the molecule is O=C(NCC1CCS(=O)(=O)C1)c1ccc(F)c(F)c1F. The summed E-state index contributed by atoms with van der Waals surface area (Å²) in [5.74, 6) is -5.74. The Morgan fingerprint density at radius 2 is 1.95 bits per heavy atom. The summed E-state index contributed by atoms with van der Waals surface area (Å²) in [6.45, 7) is 0.0521. The number of hydrogen-bond acceptors (Lipinski definition) is 3. The Kier molecular flexibility index (Phi) is 4.03. The molecule has 1 aliphatic rings. The molecule has 0 bridgehead atoms. The highest BCUT2D eigenvalue weighted by Crippen LogP contribution is 2.18. The number of rotatable bonds is 3. The van der Waals surface area contributed by atoms with Gasteiger partial charge >= 0.3 is 0 Å². The monoisotopic (exact) mass is 307 g/mol. The molecular weight excluding hydrogens is 295 g/mol. The summed E-state index contributed by atoms with van der Waals surface area (Å²) in [5, 5.41) is 2.33. The number of carbonyl (C=O) groups excluding carboxylic acids is 1. The molecule has 1 amide bonds. The topological polar surface area (TPSA) is 63.2 Å². The lowest BCUT2D eigenvalue weighted by Crippen LogP contribution is -2.30. The van der Waals surface area contributed by atoms with Crippen molar-refractivity contribution < 1.29 is 26.4 Å². The number of halogens is 3. The molecule has 0 aliphatic carbocycles. The van der Waals surface area contributed by atoms with Crippen molar-refractivity contribution in [1.82, 2.24) is 5.32 Å². The first kappa shape index (κ1) is 14.8. The summed E-state index contributed by atoms with van der Waals surface area (Å²) < 4.78 is 61.5. The van der Waals surface area contributed by atoms with E-state index in [1.165, 1.54) is 0 Å². The van der Waals surface area contributed by atoms with Gasteiger partial charge in [0.05, 0.1) is 17.1 Å². The number of benzene rings is 1. The average molecular weight is 307 g/mol. The van der Waals surface area contributed by atoms with Gasteiger partial charge in [-0.25, -0.2) is 21.6 Å². The fraction of sp³-hybridized carbons (Fsp3) is 0.417. The minimum Gasteiger partial charge on any atom is -0.352 e. The first-order valence-corrected chi connectivity index (χ1v) is 7.74. The number of amides is 1. The van der Waals surface area contributed by atoms with Crippen molar-refractivity contribution in [2.75, 3.05) is 18.1 Å². The molecule has 110 valence electrons. The fourth-order valence-electron chi connectivity index (χ4n) is 2.07. The fourth-order valence-corrected chi connectivity index (χ4v) is 3.93. The van der Waals surface area contributed by atoms with Gasteiger partial charge in [0.25, 0.3) is 5.91 Å². The highest BCUT2D eigenvalue weighted by atomic mass is 32.2. The van der Waals surface area contributed by atoms with Crippen LogP contribution in [0.4, 0.5) is 13.2 Å². The molecule has 1 unspecified atom stereocenters. The van der Waals surface area contributed by atoms with E-state index in [0.717, 1.165) is 6.07 Å². The van der Waals surface area contributed by atoms with Crippen LogP contribution in [0.2, 0.25) is 0 Å². The number of hydrogen-bond donors (Lipinski definition) is 1. The summed E-state index contributed by atoms with van der Waals surface area (Å²) in [4.78, 5) is 11.7. The maximum Gasteiger partial charge on any atom is 0.254 e. The maximum atomic E-state index is 13.4. The summed E-state index contributed by atoms with van der Waals surface area (Å²) in [7, 11) is -3.06. The van der Waals surface area contributed by atoms with E-state index in [0.29, 0.717) is 12.5 Å². The number of sulfone groups is 1. The van der Waals surface area contributed by atoms with Crippen molar-refractivity contribution >= 4 is 15.7 Å². The third-order valence-electron chi connectivity index (χ3n) is 3.16. The van der Waals surface area contributed by atoms with E-state index < -0.39 is 38.8 Å². The van der Waals surface area contributed by atoms with Crippen LogP contribution >= 0.6 is 0 Å². The first-order valence-electron chi connectivity index (χ1n) is 5.92. The average Bonchev–Trinajstić information content (AvgIpc) is 2.73. The van der Waals surface area contributed by atoms with Crippen molar-refractivity contribution in [3.05, 3.63) is 35.1 Å². The van der Waals surface area contributed by atoms with E-state index in [9.17, 15) is 26.4 Å². The lowest BCUT2D eigenvalue weighted by Gasteiger charge is -2.10. The van der Waals surface area contributed by atoms with Gasteiger partial charge in [-0.3, -0.25) is 4.79 Å². The molecule has 20 heavy (non-hydrogen) atoms. The molecule has 1 atom stereocenters. The Morgan fingerprint density at radius 3 is 2.55 bits per heavy atom. The smallest absolute Gasteiger partial charge is 0.254 e. The predicted octanol–water partition coefficient (Wildman–Crippen LogP) is 1.27. The minimum atomic E-state index is -3.06. The quantitative estimate of drug-likeness (QED) is 0.855. The van der Waals surface area contributed by atoms with E-state index in [4.69, 9.17) is 0 Å². The van der Waals surface area contributed by atoms with E-state index in [1.54, 1.807) is 0 Å². The van der Waals surface area contributed by atoms with Crippen molar-refractivity contribution in [3.8, 4) is 0 Å². The van der Waals surface area contributed by atoms with Crippen LogP contribution < -0.4 is 5.32 Å². The molecule has 8 heteroatoms. The molecule has 1 aliphatic heterocycles.